The van der Waals surface area contributed by atoms with E-state index in [9.17, 15) is 13.2 Å². The van der Waals surface area contributed by atoms with Crippen LogP contribution in [0.25, 0.3) is 11.5 Å². The fourth-order valence-electron chi connectivity index (χ4n) is 3.86. The molecule has 1 saturated heterocycles. The molecular formula is C24H28N4O4S. The van der Waals surface area contributed by atoms with Crippen molar-refractivity contribution < 1.29 is 17.6 Å². The van der Waals surface area contributed by atoms with Gasteiger partial charge in [-0.15, -0.1) is 0 Å². The Morgan fingerprint density at radius 2 is 1.70 bits per heavy atom. The van der Waals surface area contributed by atoms with E-state index in [1.807, 2.05) is 49.4 Å². The zero-order valence-electron chi connectivity index (χ0n) is 18.8. The lowest BCUT2D eigenvalue weighted by Crippen LogP contribution is -2.48. The fourth-order valence-corrected chi connectivity index (χ4v) is 5.38. The van der Waals surface area contributed by atoms with Gasteiger partial charge in [0.15, 0.2) is 0 Å². The largest absolute Gasteiger partial charge is 0.441 e. The third kappa shape index (κ3) is 5.50. The van der Waals surface area contributed by atoms with Gasteiger partial charge in [0.2, 0.25) is 15.9 Å². The zero-order chi connectivity index (χ0) is 23.4. The number of rotatable bonds is 7. The Morgan fingerprint density at radius 1 is 1.03 bits per heavy atom. The highest BCUT2D eigenvalue weighted by Gasteiger charge is 2.28. The Hall–Kier alpha value is -3.01. The summed E-state index contributed by atoms with van der Waals surface area (Å²) in [6, 6.07) is 16.4. The first-order chi connectivity index (χ1) is 15.9. The van der Waals surface area contributed by atoms with Gasteiger partial charge in [0.25, 0.3) is 5.91 Å². The Morgan fingerprint density at radius 3 is 2.33 bits per heavy atom. The quantitative estimate of drug-likeness (QED) is 0.573. The van der Waals surface area contributed by atoms with Crippen LogP contribution in [-0.2, 0) is 22.3 Å². The highest BCUT2D eigenvalue weighted by Crippen LogP contribution is 2.24. The van der Waals surface area contributed by atoms with Gasteiger partial charge in [-0.25, -0.2) is 13.4 Å². The van der Waals surface area contributed by atoms with E-state index in [0.29, 0.717) is 44.2 Å². The first-order valence-corrected chi connectivity index (χ1v) is 12.5. The molecule has 0 spiro atoms. The third-order valence-corrected chi connectivity index (χ3v) is 7.65. The second-order valence-electron chi connectivity index (χ2n) is 8.10. The van der Waals surface area contributed by atoms with Gasteiger partial charge in [-0.2, -0.15) is 4.31 Å². The Bertz CT molecular complexity index is 1200. The Balaban J connectivity index is 1.36. The molecule has 0 bridgehead atoms. The maximum absolute atomic E-state index is 12.8. The number of hydrogen-bond donors (Lipinski definition) is 1. The highest BCUT2D eigenvalue weighted by molar-refractivity contribution is 7.88. The summed E-state index contributed by atoms with van der Waals surface area (Å²) < 4.78 is 33.0. The smallest absolute Gasteiger partial charge is 0.251 e. The summed E-state index contributed by atoms with van der Waals surface area (Å²) in [6.07, 6.45) is 0. The molecule has 174 valence electrons. The number of benzene rings is 2. The van der Waals surface area contributed by atoms with E-state index in [0.717, 1.165) is 22.6 Å². The molecule has 2 aromatic carbocycles. The average Bonchev–Trinajstić information content (AvgIpc) is 3.19. The molecule has 3 aromatic rings. The van der Waals surface area contributed by atoms with Crippen LogP contribution in [0.1, 0.15) is 27.4 Å². The van der Waals surface area contributed by atoms with Crippen molar-refractivity contribution in [2.24, 2.45) is 0 Å². The second-order valence-corrected chi connectivity index (χ2v) is 10.1. The number of carbonyl (C=O) groups is 1. The van der Waals surface area contributed by atoms with Crippen molar-refractivity contribution in [3.63, 3.8) is 0 Å². The van der Waals surface area contributed by atoms with E-state index in [4.69, 9.17) is 4.42 Å². The predicted octanol–water partition coefficient (Wildman–Crippen LogP) is 2.66. The van der Waals surface area contributed by atoms with E-state index in [-0.39, 0.29) is 11.7 Å². The number of sulfonamides is 1. The van der Waals surface area contributed by atoms with Crippen LogP contribution in [0, 0.1) is 6.92 Å². The van der Waals surface area contributed by atoms with Crippen LogP contribution < -0.4 is 5.32 Å². The molecule has 0 unspecified atom stereocenters. The van der Waals surface area contributed by atoms with E-state index in [1.54, 1.807) is 23.5 Å². The van der Waals surface area contributed by atoms with Crippen LogP contribution in [-0.4, -0.2) is 61.7 Å². The van der Waals surface area contributed by atoms with Crippen molar-refractivity contribution in [2.45, 2.75) is 19.2 Å². The van der Waals surface area contributed by atoms with Crippen LogP contribution in [0.2, 0.25) is 0 Å². The summed E-state index contributed by atoms with van der Waals surface area (Å²) in [4.78, 5) is 18.6. The lowest BCUT2D eigenvalue weighted by molar-refractivity contribution is 0.0963. The van der Waals surface area contributed by atoms with Crippen molar-refractivity contribution in [1.82, 2.24) is 19.5 Å². The fraction of sp³-hybridized carbons (Fsp3) is 0.333. The first-order valence-electron chi connectivity index (χ1n) is 10.9. The summed E-state index contributed by atoms with van der Waals surface area (Å²) in [6.45, 7) is 4.66. The summed E-state index contributed by atoms with van der Waals surface area (Å²) in [5, 5.41) is 2.60. The standard InChI is InChI=1S/C24H28N4O4S/c1-18-22(26-24(32-18)21-10-8-20(9-11-21)23(29)25-2)16-27-12-14-28(15-13-27)33(30,31)17-19-6-4-3-5-7-19/h3-11H,12-17H2,1-2H3,(H,25,29). The molecule has 1 aliphatic heterocycles. The molecule has 1 aromatic heterocycles. The van der Waals surface area contributed by atoms with Gasteiger partial charge in [0.05, 0.1) is 11.4 Å². The van der Waals surface area contributed by atoms with E-state index in [1.165, 1.54) is 0 Å². The number of aryl methyl sites for hydroxylation is 1. The molecule has 1 fully saturated rings. The minimum atomic E-state index is -3.34. The van der Waals surface area contributed by atoms with Gasteiger partial charge in [-0.3, -0.25) is 9.69 Å². The third-order valence-electron chi connectivity index (χ3n) is 5.80. The van der Waals surface area contributed by atoms with Crippen LogP contribution in [0.4, 0.5) is 0 Å². The lowest BCUT2D eigenvalue weighted by atomic mass is 10.1. The van der Waals surface area contributed by atoms with Crippen molar-refractivity contribution in [3.8, 4) is 11.5 Å². The Kier molecular flexibility index (Phi) is 6.92. The molecule has 33 heavy (non-hydrogen) atoms. The maximum Gasteiger partial charge on any atom is 0.251 e. The number of carbonyl (C=O) groups excluding carboxylic acids is 1. The van der Waals surface area contributed by atoms with Gasteiger partial charge < -0.3 is 9.73 Å². The number of amides is 1. The van der Waals surface area contributed by atoms with E-state index >= 15 is 0 Å². The van der Waals surface area contributed by atoms with Crippen LogP contribution in [0.5, 0.6) is 0 Å². The van der Waals surface area contributed by atoms with Crippen molar-refractivity contribution >= 4 is 15.9 Å². The molecule has 0 aliphatic carbocycles. The van der Waals surface area contributed by atoms with Gasteiger partial charge in [-0.1, -0.05) is 30.3 Å². The van der Waals surface area contributed by atoms with Gasteiger partial charge in [-0.05, 0) is 36.8 Å². The second kappa shape index (κ2) is 9.86. The molecular weight excluding hydrogens is 440 g/mol. The minimum Gasteiger partial charge on any atom is -0.441 e. The molecule has 0 saturated carbocycles. The summed E-state index contributed by atoms with van der Waals surface area (Å²) in [5.41, 5.74) is 3.01. The summed E-state index contributed by atoms with van der Waals surface area (Å²) in [7, 11) is -1.74. The lowest BCUT2D eigenvalue weighted by Gasteiger charge is -2.33. The topological polar surface area (TPSA) is 95.8 Å². The van der Waals surface area contributed by atoms with Crippen LogP contribution >= 0.6 is 0 Å². The van der Waals surface area contributed by atoms with Gasteiger partial charge >= 0.3 is 0 Å². The molecule has 4 rings (SSSR count). The number of nitrogens with one attached hydrogen (secondary N) is 1. The maximum atomic E-state index is 12.8. The normalized spacial score (nSPS) is 15.5. The minimum absolute atomic E-state index is 0.0261. The van der Waals surface area contributed by atoms with Crippen molar-refractivity contribution in [2.75, 3.05) is 33.2 Å². The predicted molar refractivity (Wildman–Crippen MR) is 126 cm³/mol. The molecule has 0 atom stereocenters. The van der Waals surface area contributed by atoms with Gasteiger partial charge in [0.1, 0.15) is 5.76 Å². The molecule has 9 heteroatoms. The van der Waals surface area contributed by atoms with Crippen molar-refractivity contribution in [3.05, 3.63) is 77.2 Å². The number of oxazole rings is 1. The first kappa shape index (κ1) is 23.2. The molecule has 1 amide bonds. The summed E-state index contributed by atoms with van der Waals surface area (Å²) >= 11 is 0. The highest BCUT2D eigenvalue weighted by atomic mass is 32.2. The summed E-state index contributed by atoms with van der Waals surface area (Å²) in [5.74, 6) is 1.13. The number of nitrogens with zero attached hydrogens (tertiary/aromatic N) is 3. The van der Waals surface area contributed by atoms with E-state index in [2.05, 4.69) is 15.2 Å². The molecule has 8 nitrogen and oxygen atoms in total. The number of hydrogen-bond acceptors (Lipinski definition) is 6. The SMILES string of the molecule is CNC(=O)c1ccc(-c2nc(CN3CCN(S(=O)(=O)Cc4ccccc4)CC3)c(C)o2)cc1. The zero-order valence-corrected chi connectivity index (χ0v) is 19.6. The Labute approximate surface area is 194 Å². The van der Waals surface area contributed by atoms with Gasteiger partial charge in [0, 0.05) is 50.9 Å². The molecule has 0 radical (unpaired) electrons. The molecule has 1 aliphatic rings. The molecule has 1 N–H and O–H groups in total. The van der Waals surface area contributed by atoms with Crippen LogP contribution in [0.15, 0.2) is 59.0 Å². The van der Waals surface area contributed by atoms with E-state index < -0.39 is 10.0 Å². The van der Waals surface area contributed by atoms with Crippen molar-refractivity contribution in [1.29, 1.82) is 0 Å². The molecule has 2 heterocycles. The van der Waals surface area contributed by atoms with Crippen LogP contribution in [0.3, 0.4) is 0 Å². The average molecular weight is 469 g/mol. The number of aromatic nitrogens is 1. The number of piperazine rings is 1. The monoisotopic (exact) mass is 468 g/mol.